The molecule has 0 aliphatic heterocycles. The largest absolute Gasteiger partial charge is 0.480 e. The van der Waals surface area contributed by atoms with E-state index in [0.717, 1.165) is 36.2 Å². The Hall–Kier alpha value is -3.42. The molecule has 37 heavy (non-hydrogen) atoms. The van der Waals surface area contributed by atoms with Gasteiger partial charge in [0.1, 0.15) is 17.6 Å². The molecule has 9 heteroatoms. The van der Waals surface area contributed by atoms with Crippen molar-refractivity contribution < 1.29 is 19.5 Å². The maximum Gasteiger partial charge on any atom is 0.326 e. The van der Waals surface area contributed by atoms with Crippen LogP contribution in [0.25, 0.3) is 0 Å². The Morgan fingerprint density at radius 1 is 0.946 bits per heavy atom. The number of nitrogens with one attached hydrogen (secondary N) is 2. The topological polar surface area (TPSA) is 108 Å². The van der Waals surface area contributed by atoms with Crippen LogP contribution in [0.3, 0.4) is 0 Å². The number of hydrogen-bond donors (Lipinski definition) is 3. The van der Waals surface area contributed by atoms with Gasteiger partial charge in [-0.3, -0.25) is 9.59 Å². The molecule has 4 rings (SSSR count). The van der Waals surface area contributed by atoms with Gasteiger partial charge in [-0.05, 0) is 54.7 Å². The molecule has 0 spiro atoms. The molecular formula is C28H27Cl2N3O4. The van der Waals surface area contributed by atoms with Gasteiger partial charge in [0, 0.05) is 31.0 Å². The number of Topliss-reactive ketones (excluding diaryl/α,β-unsaturated/α-hetero) is 1. The second-order valence-electron chi connectivity index (χ2n) is 9.19. The predicted octanol–water partition coefficient (Wildman–Crippen LogP) is 5.21. The van der Waals surface area contributed by atoms with E-state index in [4.69, 9.17) is 23.2 Å². The number of aliphatic carboxylic acids is 1. The average Bonchev–Trinajstić information content (AvgIpc) is 3.34. The summed E-state index contributed by atoms with van der Waals surface area (Å²) in [5.41, 5.74) is 1.62. The van der Waals surface area contributed by atoms with E-state index in [1.54, 1.807) is 24.4 Å². The number of rotatable bonds is 10. The van der Waals surface area contributed by atoms with Gasteiger partial charge in [0.15, 0.2) is 0 Å². The molecule has 1 fully saturated rings. The van der Waals surface area contributed by atoms with E-state index in [-0.39, 0.29) is 39.8 Å². The lowest BCUT2D eigenvalue weighted by Gasteiger charge is -2.16. The number of carbonyl (C=O) groups excluding carboxylic acids is 2. The molecule has 1 aliphatic carbocycles. The van der Waals surface area contributed by atoms with E-state index in [2.05, 4.69) is 15.6 Å². The van der Waals surface area contributed by atoms with Crippen molar-refractivity contribution in [2.75, 3.05) is 5.32 Å². The molecule has 0 unspecified atom stereocenters. The Balaban J connectivity index is 1.31. The summed E-state index contributed by atoms with van der Waals surface area (Å²) in [7, 11) is 0. The molecule has 0 saturated heterocycles. The van der Waals surface area contributed by atoms with Crippen molar-refractivity contribution in [3.8, 4) is 0 Å². The van der Waals surface area contributed by atoms with E-state index in [1.807, 2.05) is 30.3 Å². The lowest BCUT2D eigenvalue weighted by atomic mass is 9.95. The molecule has 1 aromatic heterocycles. The molecule has 3 atom stereocenters. The summed E-state index contributed by atoms with van der Waals surface area (Å²) in [6.07, 6.45) is 4.68. The first kappa shape index (κ1) is 26.6. The van der Waals surface area contributed by atoms with Gasteiger partial charge < -0.3 is 15.7 Å². The molecule has 0 radical (unpaired) electrons. The van der Waals surface area contributed by atoms with Gasteiger partial charge in [0.05, 0.1) is 15.6 Å². The monoisotopic (exact) mass is 539 g/mol. The number of hydrogen-bond acceptors (Lipinski definition) is 5. The molecular weight excluding hydrogens is 513 g/mol. The van der Waals surface area contributed by atoms with Gasteiger partial charge in [0.2, 0.25) is 0 Å². The zero-order valence-corrected chi connectivity index (χ0v) is 21.5. The quantitative estimate of drug-likeness (QED) is 0.326. The summed E-state index contributed by atoms with van der Waals surface area (Å²) in [5.74, 6) is -0.806. The van der Waals surface area contributed by atoms with Crippen molar-refractivity contribution in [1.29, 1.82) is 0 Å². The van der Waals surface area contributed by atoms with Crippen LogP contribution in [0, 0.1) is 5.92 Å². The molecule has 0 bridgehead atoms. The highest BCUT2D eigenvalue weighted by molar-refractivity contribution is 6.39. The van der Waals surface area contributed by atoms with E-state index < -0.39 is 17.9 Å². The van der Waals surface area contributed by atoms with Crippen LogP contribution in [-0.2, 0) is 22.4 Å². The molecule has 1 saturated carbocycles. The number of nitrogens with zero attached hydrogens (tertiary/aromatic N) is 1. The number of amides is 1. The van der Waals surface area contributed by atoms with Gasteiger partial charge >= 0.3 is 5.97 Å². The fourth-order valence-corrected chi connectivity index (χ4v) is 5.15. The summed E-state index contributed by atoms with van der Waals surface area (Å²) in [4.78, 5) is 41.6. The Labute approximate surface area is 225 Å². The van der Waals surface area contributed by atoms with Crippen LogP contribution < -0.4 is 10.6 Å². The van der Waals surface area contributed by atoms with Gasteiger partial charge in [-0.25, -0.2) is 9.78 Å². The third-order valence-electron chi connectivity index (χ3n) is 6.54. The van der Waals surface area contributed by atoms with Gasteiger partial charge in [-0.2, -0.15) is 0 Å². The summed E-state index contributed by atoms with van der Waals surface area (Å²) >= 11 is 12.1. The summed E-state index contributed by atoms with van der Waals surface area (Å²) in [5, 5.41) is 15.8. The molecule has 2 aromatic carbocycles. The number of aromatic nitrogens is 1. The van der Waals surface area contributed by atoms with Crippen molar-refractivity contribution in [2.45, 2.75) is 44.2 Å². The number of carbonyl (C=O) groups is 3. The minimum absolute atomic E-state index is 0.00382. The third-order valence-corrected chi connectivity index (χ3v) is 7.17. The minimum atomic E-state index is -1.18. The summed E-state index contributed by atoms with van der Waals surface area (Å²) < 4.78 is 0. The van der Waals surface area contributed by atoms with E-state index in [0.29, 0.717) is 6.42 Å². The zero-order chi connectivity index (χ0) is 26.4. The van der Waals surface area contributed by atoms with Crippen LogP contribution in [0.15, 0.2) is 66.9 Å². The number of benzene rings is 2. The van der Waals surface area contributed by atoms with Crippen molar-refractivity contribution >= 4 is 46.7 Å². The van der Waals surface area contributed by atoms with E-state index in [1.165, 1.54) is 12.1 Å². The average molecular weight is 540 g/mol. The Kier molecular flexibility index (Phi) is 8.79. The number of halogens is 2. The van der Waals surface area contributed by atoms with E-state index >= 15 is 0 Å². The lowest BCUT2D eigenvalue weighted by molar-refractivity contribution is -0.139. The summed E-state index contributed by atoms with van der Waals surface area (Å²) in [6, 6.07) is 16.6. The van der Waals surface area contributed by atoms with Gasteiger partial charge in [-0.1, -0.05) is 59.6 Å². The normalized spacial score (nSPS) is 17.7. The Morgan fingerprint density at radius 3 is 2.30 bits per heavy atom. The first-order valence-corrected chi connectivity index (χ1v) is 12.8. The smallest absolute Gasteiger partial charge is 0.326 e. The number of pyridine rings is 1. The van der Waals surface area contributed by atoms with Gasteiger partial charge in [-0.15, -0.1) is 0 Å². The maximum absolute atomic E-state index is 12.9. The molecule has 1 aliphatic rings. The second kappa shape index (κ2) is 12.2. The number of carboxylic acid groups (broad SMARTS) is 1. The highest BCUT2D eigenvalue weighted by atomic mass is 35.5. The Morgan fingerprint density at radius 2 is 1.65 bits per heavy atom. The van der Waals surface area contributed by atoms with Crippen molar-refractivity contribution in [1.82, 2.24) is 10.3 Å². The molecule has 7 nitrogen and oxygen atoms in total. The predicted molar refractivity (Wildman–Crippen MR) is 143 cm³/mol. The van der Waals surface area contributed by atoms with Crippen molar-refractivity contribution in [3.63, 3.8) is 0 Å². The fraction of sp³-hybridized carbons (Fsp3) is 0.286. The van der Waals surface area contributed by atoms with Crippen LogP contribution in [-0.4, -0.2) is 39.8 Å². The van der Waals surface area contributed by atoms with Gasteiger partial charge in [0.25, 0.3) is 5.91 Å². The highest BCUT2D eigenvalue weighted by Gasteiger charge is 2.30. The molecule has 3 aromatic rings. The number of carboxylic acids is 1. The fourth-order valence-electron chi connectivity index (χ4n) is 4.58. The first-order chi connectivity index (χ1) is 17.8. The molecule has 192 valence electrons. The minimum Gasteiger partial charge on any atom is -0.480 e. The zero-order valence-electron chi connectivity index (χ0n) is 20.0. The molecule has 3 N–H and O–H groups in total. The standard InChI is InChI=1S/C28H27Cl2N3O4/c29-21-4-3-5-22(30)26(21)27(35)33-23(28(36)37)14-17-7-9-18(10-8-17)15-24(34)19-11-12-20(16-19)32-25-6-1-2-13-31-25/h1-10,13,19-20,23H,11-12,14-16H2,(H,31,32)(H,33,35)(H,36,37)/t19-,20+,23-/m0/s1. The van der Waals surface area contributed by atoms with Crippen molar-refractivity contribution in [2.24, 2.45) is 5.92 Å². The van der Waals surface area contributed by atoms with Crippen molar-refractivity contribution in [3.05, 3.63) is 93.6 Å². The van der Waals surface area contributed by atoms with Crippen LogP contribution in [0.4, 0.5) is 5.82 Å². The molecule has 1 heterocycles. The lowest BCUT2D eigenvalue weighted by Crippen LogP contribution is -2.42. The van der Waals surface area contributed by atoms with Crippen LogP contribution >= 0.6 is 23.2 Å². The number of ketones is 1. The SMILES string of the molecule is O=C(N[C@@H](Cc1ccc(CC(=O)[C@H]2CC[C@@H](Nc3ccccn3)C2)cc1)C(=O)O)c1c(Cl)cccc1Cl. The van der Waals surface area contributed by atoms with Crippen LogP contribution in [0.2, 0.25) is 10.0 Å². The number of anilines is 1. The van der Waals surface area contributed by atoms with Crippen LogP contribution in [0.1, 0.15) is 40.7 Å². The first-order valence-electron chi connectivity index (χ1n) is 12.1. The highest BCUT2D eigenvalue weighted by Crippen LogP contribution is 2.29. The second-order valence-corrected chi connectivity index (χ2v) is 10.0. The maximum atomic E-state index is 12.9. The summed E-state index contributed by atoms with van der Waals surface area (Å²) in [6.45, 7) is 0. The Bertz CT molecular complexity index is 1250. The third kappa shape index (κ3) is 7.08. The van der Waals surface area contributed by atoms with Crippen LogP contribution in [0.5, 0.6) is 0 Å². The van der Waals surface area contributed by atoms with E-state index in [9.17, 15) is 19.5 Å². The molecule has 1 amide bonds.